The number of rotatable bonds is 8. The van der Waals surface area contributed by atoms with E-state index in [1.807, 2.05) is 4.90 Å². The van der Waals surface area contributed by atoms with E-state index in [1.54, 1.807) is 6.20 Å². The first-order valence-corrected chi connectivity index (χ1v) is 12.8. The van der Waals surface area contributed by atoms with Crippen molar-refractivity contribution in [2.45, 2.75) is 69.1 Å². The number of amides is 3. The molecule has 2 heterocycles. The van der Waals surface area contributed by atoms with E-state index in [-0.39, 0.29) is 23.7 Å². The molecule has 1 saturated heterocycles. The lowest BCUT2D eigenvalue weighted by molar-refractivity contribution is -0.118. The number of hydrogen-bond acceptors (Lipinski definition) is 5. The van der Waals surface area contributed by atoms with Gasteiger partial charge in [0.15, 0.2) is 0 Å². The summed E-state index contributed by atoms with van der Waals surface area (Å²) < 4.78 is 1.44. The largest absolute Gasteiger partial charge is 0.368 e. The molecule has 35 heavy (non-hydrogen) atoms. The molecule has 5 rings (SSSR count). The van der Waals surface area contributed by atoms with Crippen molar-refractivity contribution in [1.82, 2.24) is 29.7 Å². The Morgan fingerprint density at radius 2 is 1.86 bits per heavy atom. The first-order chi connectivity index (χ1) is 16.8. The van der Waals surface area contributed by atoms with Gasteiger partial charge in [0.25, 0.3) is 0 Å². The van der Waals surface area contributed by atoms with Crippen LogP contribution in [0.15, 0.2) is 36.5 Å². The SMILES string of the molecule is CN(C)[C@]1(c2ccccc2)CC[C@@]2(CC1)CN(Cc1cn(CC(N)=O)nn1)C(=O)N2CC1CCC1. The minimum absolute atomic E-state index is 0.00913. The third kappa shape index (κ3) is 4.42. The minimum atomic E-state index is -0.464. The van der Waals surface area contributed by atoms with E-state index in [4.69, 9.17) is 5.73 Å². The number of aromatic nitrogens is 3. The van der Waals surface area contributed by atoms with Crippen LogP contribution < -0.4 is 5.73 Å². The molecule has 1 aromatic heterocycles. The molecule has 2 N–H and O–H groups in total. The van der Waals surface area contributed by atoms with Crippen LogP contribution in [0.1, 0.15) is 56.2 Å². The quantitative estimate of drug-likeness (QED) is 0.627. The second-order valence-electron chi connectivity index (χ2n) is 10.9. The van der Waals surface area contributed by atoms with E-state index >= 15 is 0 Å². The third-order valence-corrected chi connectivity index (χ3v) is 8.66. The van der Waals surface area contributed by atoms with Gasteiger partial charge < -0.3 is 15.5 Å². The van der Waals surface area contributed by atoms with Gasteiger partial charge in [0.1, 0.15) is 12.2 Å². The molecular weight excluding hydrogens is 442 g/mol. The van der Waals surface area contributed by atoms with Crippen molar-refractivity contribution in [1.29, 1.82) is 0 Å². The number of urea groups is 1. The molecule has 0 unspecified atom stereocenters. The van der Waals surface area contributed by atoms with E-state index in [2.05, 4.69) is 64.5 Å². The van der Waals surface area contributed by atoms with Crippen molar-refractivity contribution in [3.63, 3.8) is 0 Å². The van der Waals surface area contributed by atoms with E-state index in [1.165, 1.54) is 29.5 Å². The summed E-state index contributed by atoms with van der Waals surface area (Å²) >= 11 is 0. The summed E-state index contributed by atoms with van der Waals surface area (Å²) in [5, 5.41) is 8.18. The maximum atomic E-state index is 13.7. The molecule has 2 aliphatic carbocycles. The highest BCUT2D eigenvalue weighted by Gasteiger charge is 2.54. The van der Waals surface area contributed by atoms with Crippen molar-refractivity contribution in [2.24, 2.45) is 11.7 Å². The zero-order valence-corrected chi connectivity index (χ0v) is 20.9. The smallest absolute Gasteiger partial charge is 0.320 e. The van der Waals surface area contributed by atoms with Gasteiger partial charge in [-0.25, -0.2) is 9.48 Å². The average molecular weight is 480 g/mol. The number of benzene rings is 1. The van der Waals surface area contributed by atoms with E-state index in [0.717, 1.165) is 32.2 Å². The fourth-order valence-corrected chi connectivity index (χ4v) is 6.35. The van der Waals surface area contributed by atoms with Gasteiger partial charge in [-0.05, 0) is 64.1 Å². The van der Waals surface area contributed by atoms with E-state index < -0.39 is 5.91 Å². The topological polar surface area (TPSA) is 101 Å². The summed E-state index contributed by atoms with van der Waals surface area (Å²) in [5.41, 5.74) is 7.16. The van der Waals surface area contributed by atoms with Gasteiger partial charge in [-0.15, -0.1) is 5.10 Å². The summed E-state index contributed by atoms with van der Waals surface area (Å²) in [6.07, 6.45) is 9.39. The highest BCUT2D eigenvalue weighted by molar-refractivity contribution is 5.78. The van der Waals surface area contributed by atoms with Crippen LogP contribution in [0.4, 0.5) is 4.79 Å². The number of carbonyl (C=O) groups is 2. The molecule has 1 aliphatic heterocycles. The van der Waals surface area contributed by atoms with Crippen molar-refractivity contribution >= 4 is 11.9 Å². The molecule has 3 aliphatic rings. The molecular formula is C26H37N7O2. The number of primary amides is 1. The Labute approximate surface area is 207 Å². The van der Waals surface area contributed by atoms with Crippen LogP contribution in [0.5, 0.6) is 0 Å². The highest BCUT2D eigenvalue weighted by atomic mass is 16.2. The predicted octanol–water partition coefficient (Wildman–Crippen LogP) is 2.57. The van der Waals surface area contributed by atoms with Gasteiger partial charge in [-0.3, -0.25) is 9.69 Å². The fourth-order valence-electron chi connectivity index (χ4n) is 6.35. The standard InChI is InChI=1S/C26H37N7O2/c1-30(2)26(21-9-4-3-5-10-21)13-11-25(12-14-26)19-31(24(35)33(25)15-20-7-6-8-20)16-22-17-32(29-28-22)18-23(27)34/h3-5,9-10,17,20H,6-8,11-16,18-19H2,1-2H3,(H2,27,34)/t25-,26-. The second-order valence-corrected chi connectivity index (χ2v) is 10.9. The average Bonchev–Trinajstić information content (AvgIpc) is 3.34. The Morgan fingerprint density at radius 1 is 1.14 bits per heavy atom. The Bertz CT molecular complexity index is 1050. The van der Waals surface area contributed by atoms with Crippen LogP contribution in [-0.2, 0) is 23.4 Å². The van der Waals surface area contributed by atoms with Crippen LogP contribution in [0.3, 0.4) is 0 Å². The first kappa shape index (κ1) is 23.8. The van der Waals surface area contributed by atoms with Crippen LogP contribution >= 0.6 is 0 Å². The summed E-state index contributed by atoms with van der Waals surface area (Å²) in [5.74, 6) is 0.149. The Balaban J connectivity index is 1.37. The molecule has 3 fully saturated rings. The van der Waals surface area contributed by atoms with Crippen LogP contribution in [0.2, 0.25) is 0 Å². The van der Waals surface area contributed by atoms with Crippen LogP contribution in [0.25, 0.3) is 0 Å². The summed E-state index contributed by atoms with van der Waals surface area (Å²) in [6.45, 7) is 1.95. The lowest BCUT2D eigenvalue weighted by Gasteiger charge is -2.51. The zero-order chi connectivity index (χ0) is 24.6. The zero-order valence-electron chi connectivity index (χ0n) is 20.9. The van der Waals surface area contributed by atoms with Gasteiger partial charge in [-0.2, -0.15) is 0 Å². The molecule has 188 valence electrons. The molecule has 2 saturated carbocycles. The highest BCUT2D eigenvalue weighted by Crippen LogP contribution is 2.49. The van der Waals surface area contributed by atoms with Gasteiger partial charge in [0.2, 0.25) is 5.91 Å². The summed E-state index contributed by atoms with van der Waals surface area (Å²) in [7, 11) is 4.36. The number of carbonyl (C=O) groups excluding carboxylic acids is 2. The number of nitrogens with two attached hydrogens (primary N) is 1. The van der Waals surface area contributed by atoms with Crippen LogP contribution in [-0.4, -0.2) is 74.4 Å². The lowest BCUT2D eigenvalue weighted by Crippen LogP contribution is -2.56. The molecule has 0 radical (unpaired) electrons. The lowest BCUT2D eigenvalue weighted by atomic mass is 9.68. The molecule has 9 heteroatoms. The molecule has 3 amide bonds. The maximum Gasteiger partial charge on any atom is 0.320 e. The minimum Gasteiger partial charge on any atom is -0.368 e. The van der Waals surface area contributed by atoms with Crippen LogP contribution in [0, 0.1) is 5.92 Å². The van der Waals surface area contributed by atoms with Crippen molar-refractivity contribution in [3.8, 4) is 0 Å². The van der Waals surface area contributed by atoms with Gasteiger partial charge in [-0.1, -0.05) is 42.0 Å². The Morgan fingerprint density at radius 3 is 2.46 bits per heavy atom. The van der Waals surface area contributed by atoms with E-state index in [0.29, 0.717) is 24.7 Å². The number of hydrogen-bond donors (Lipinski definition) is 1. The number of nitrogens with zero attached hydrogens (tertiary/aromatic N) is 6. The molecule has 0 bridgehead atoms. The monoisotopic (exact) mass is 479 g/mol. The van der Waals surface area contributed by atoms with Crippen molar-refractivity contribution in [2.75, 3.05) is 27.2 Å². The molecule has 9 nitrogen and oxygen atoms in total. The fraction of sp³-hybridized carbons (Fsp3) is 0.615. The molecule has 0 atom stereocenters. The molecule has 2 aromatic rings. The molecule has 1 aromatic carbocycles. The Hall–Kier alpha value is -2.94. The third-order valence-electron chi connectivity index (χ3n) is 8.66. The summed E-state index contributed by atoms with van der Waals surface area (Å²) in [6, 6.07) is 10.9. The van der Waals surface area contributed by atoms with Gasteiger partial charge >= 0.3 is 6.03 Å². The first-order valence-electron chi connectivity index (χ1n) is 12.8. The van der Waals surface area contributed by atoms with E-state index in [9.17, 15) is 9.59 Å². The maximum absolute atomic E-state index is 13.7. The second kappa shape index (κ2) is 9.26. The predicted molar refractivity (Wildman–Crippen MR) is 132 cm³/mol. The van der Waals surface area contributed by atoms with Crippen molar-refractivity contribution < 1.29 is 9.59 Å². The molecule has 1 spiro atoms. The van der Waals surface area contributed by atoms with Crippen molar-refractivity contribution in [3.05, 3.63) is 47.8 Å². The summed E-state index contributed by atoms with van der Waals surface area (Å²) in [4.78, 5) is 31.4. The Kier molecular flexibility index (Phi) is 6.29. The van der Waals surface area contributed by atoms with Gasteiger partial charge in [0, 0.05) is 18.6 Å². The van der Waals surface area contributed by atoms with Gasteiger partial charge in [0.05, 0.1) is 18.3 Å². The normalized spacial score (nSPS) is 27.1.